The predicted molar refractivity (Wildman–Crippen MR) is 109 cm³/mol. The highest BCUT2D eigenvalue weighted by atomic mass is 35.5. The number of anilines is 1. The summed E-state index contributed by atoms with van der Waals surface area (Å²) in [5, 5.41) is 5.00. The van der Waals surface area contributed by atoms with Gasteiger partial charge in [0.1, 0.15) is 0 Å². The summed E-state index contributed by atoms with van der Waals surface area (Å²) in [6.45, 7) is -0.252. The number of hydrogen-bond acceptors (Lipinski definition) is 3. The molecule has 1 amide bonds. The van der Waals surface area contributed by atoms with Crippen molar-refractivity contribution < 1.29 is 14.3 Å². The van der Waals surface area contributed by atoms with Gasteiger partial charge in [0.25, 0.3) is 5.91 Å². The molecule has 2 unspecified atom stereocenters. The summed E-state index contributed by atoms with van der Waals surface area (Å²) in [5.41, 5.74) is 0.226. The Morgan fingerprint density at radius 1 is 1.04 bits per heavy atom. The predicted octanol–water partition coefficient (Wildman–Crippen LogP) is 4.90. The first-order valence-electron chi connectivity index (χ1n) is 10.1. The first kappa shape index (κ1) is 18.0. The van der Waals surface area contributed by atoms with Crippen LogP contribution < -0.4 is 5.32 Å². The van der Waals surface area contributed by atoms with E-state index in [1.54, 1.807) is 0 Å². The van der Waals surface area contributed by atoms with Gasteiger partial charge in [-0.3, -0.25) is 9.59 Å². The van der Waals surface area contributed by atoms with E-state index in [-0.39, 0.29) is 23.4 Å². The Bertz CT molecular complexity index is 942. The van der Waals surface area contributed by atoms with Crippen LogP contribution in [0.4, 0.5) is 5.69 Å². The number of amides is 1. The highest BCUT2D eigenvalue weighted by Crippen LogP contribution is 2.64. The molecule has 5 heteroatoms. The summed E-state index contributed by atoms with van der Waals surface area (Å²) in [5.74, 6) is 0.504. The third kappa shape index (κ3) is 3.18. The minimum absolute atomic E-state index is 0.236. The molecular weight excluding hydrogens is 374 g/mol. The number of rotatable bonds is 4. The number of fused-ring (bicyclic) bond motifs is 1. The molecule has 2 aromatic rings. The Morgan fingerprint density at radius 3 is 2.46 bits per heavy atom. The number of alkyl halides is 1. The largest absolute Gasteiger partial charge is 0.455 e. The molecule has 4 atom stereocenters. The molecule has 4 saturated carbocycles. The van der Waals surface area contributed by atoms with Gasteiger partial charge in [0.2, 0.25) is 0 Å². The highest BCUT2D eigenvalue weighted by Gasteiger charge is 2.60. The summed E-state index contributed by atoms with van der Waals surface area (Å²) in [7, 11) is 0. The van der Waals surface area contributed by atoms with Crippen LogP contribution in [0.5, 0.6) is 0 Å². The van der Waals surface area contributed by atoms with Crippen molar-refractivity contribution >= 4 is 39.9 Å². The Kier molecular flexibility index (Phi) is 4.16. The Balaban J connectivity index is 1.22. The average molecular weight is 398 g/mol. The summed E-state index contributed by atoms with van der Waals surface area (Å²) in [6, 6.07) is 13.7. The average Bonchev–Trinajstić information content (AvgIpc) is 2.64. The van der Waals surface area contributed by atoms with E-state index >= 15 is 0 Å². The number of ether oxygens (including phenoxy) is 1. The normalized spacial score (nSPS) is 33.0. The van der Waals surface area contributed by atoms with Crippen LogP contribution >= 0.6 is 11.6 Å². The number of hydrogen-bond donors (Lipinski definition) is 1. The number of benzene rings is 2. The van der Waals surface area contributed by atoms with Crippen molar-refractivity contribution in [2.24, 2.45) is 17.3 Å². The summed E-state index contributed by atoms with van der Waals surface area (Å²) < 4.78 is 5.48. The topological polar surface area (TPSA) is 55.4 Å². The number of carbonyl (C=O) groups excluding carboxylic acids is 2. The van der Waals surface area contributed by atoms with Gasteiger partial charge < -0.3 is 10.1 Å². The molecule has 0 aliphatic heterocycles. The number of halogens is 1. The molecule has 4 fully saturated rings. The maximum absolute atomic E-state index is 12.9. The van der Waals surface area contributed by atoms with E-state index in [2.05, 4.69) is 5.32 Å². The van der Waals surface area contributed by atoms with E-state index in [0.717, 1.165) is 36.5 Å². The van der Waals surface area contributed by atoms with E-state index in [1.165, 1.54) is 6.42 Å². The van der Waals surface area contributed by atoms with E-state index in [9.17, 15) is 9.59 Å². The Labute approximate surface area is 169 Å². The van der Waals surface area contributed by atoms with E-state index in [4.69, 9.17) is 16.3 Å². The van der Waals surface area contributed by atoms with Crippen LogP contribution in [0, 0.1) is 17.3 Å². The van der Waals surface area contributed by atoms with Crippen LogP contribution in [-0.4, -0.2) is 23.4 Å². The molecular formula is C23H24ClNO3. The van der Waals surface area contributed by atoms with E-state index < -0.39 is 5.41 Å². The van der Waals surface area contributed by atoms with Gasteiger partial charge in [0.15, 0.2) is 6.61 Å². The summed E-state index contributed by atoms with van der Waals surface area (Å²) in [6.07, 6.45) is 5.64. The molecule has 2 aromatic carbocycles. The molecule has 28 heavy (non-hydrogen) atoms. The molecule has 0 aromatic heterocycles. The second kappa shape index (κ2) is 6.48. The molecule has 0 saturated heterocycles. The van der Waals surface area contributed by atoms with E-state index in [1.807, 2.05) is 42.5 Å². The number of esters is 1. The maximum atomic E-state index is 12.9. The lowest BCUT2D eigenvalue weighted by molar-refractivity contribution is -0.171. The van der Waals surface area contributed by atoms with Gasteiger partial charge in [-0.1, -0.05) is 30.3 Å². The lowest BCUT2D eigenvalue weighted by atomic mass is 9.49. The molecule has 4 aliphatic rings. The monoisotopic (exact) mass is 397 g/mol. The van der Waals surface area contributed by atoms with Crippen LogP contribution in [0.2, 0.25) is 0 Å². The van der Waals surface area contributed by atoms with Crippen molar-refractivity contribution in [3.8, 4) is 0 Å². The van der Waals surface area contributed by atoms with Gasteiger partial charge in [0.05, 0.1) is 5.41 Å². The molecule has 4 bridgehead atoms. The van der Waals surface area contributed by atoms with Gasteiger partial charge in [0, 0.05) is 10.6 Å². The summed E-state index contributed by atoms with van der Waals surface area (Å²) >= 11 is 6.80. The zero-order chi connectivity index (χ0) is 19.4. The quantitative estimate of drug-likeness (QED) is 0.589. The van der Waals surface area contributed by atoms with Crippen molar-refractivity contribution in [3.05, 3.63) is 42.5 Å². The number of nitrogens with one attached hydrogen (secondary N) is 1. The summed E-state index contributed by atoms with van der Waals surface area (Å²) in [4.78, 5) is 25.0. The maximum Gasteiger partial charge on any atom is 0.312 e. The Morgan fingerprint density at radius 2 is 1.75 bits per heavy atom. The van der Waals surface area contributed by atoms with E-state index in [0.29, 0.717) is 23.9 Å². The Hall–Kier alpha value is -2.07. The number of carbonyl (C=O) groups is 2. The second-order valence-electron chi connectivity index (χ2n) is 9.08. The van der Waals surface area contributed by atoms with Crippen molar-refractivity contribution in [2.45, 2.75) is 43.4 Å². The smallest absolute Gasteiger partial charge is 0.312 e. The SMILES string of the molecule is O=C(COC(=O)C12C[C@@H]3C[C@@H](CC(Cl)(C3)C1)C2)Nc1ccc2ccccc2c1. The molecule has 4 aliphatic carbocycles. The van der Waals surface area contributed by atoms with Crippen LogP contribution in [0.3, 0.4) is 0 Å². The van der Waals surface area contributed by atoms with Crippen molar-refractivity contribution in [3.63, 3.8) is 0 Å². The minimum Gasteiger partial charge on any atom is -0.455 e. The van der Waals surface area contributed by atoms with Gasteiger partial charge >= 0.3 is 5.97 Å². The van der Waals surface area contributed by atoms with Crippen molar-refractivity contribution in [1.29, 1.82) is 0 Å². The lowest BCUT2D eigenvalue weighted by Gasteiger charge is -2.58. The molecule has 1 N–H and O–H groups in total. The zero-order valence-corrected chi connectivity index (χ0v) is 16.5. The highest BCUT2D eigenvalue weighted by molar-refractivity contribution is 6.24. The second-order valence-corrected chi connectivity index (χ2v) is 9.88. The van der Waals surface area contributed by atoms with Gasteiger partial charge in [-0.15, -0.1) is 11.6 Å². The van der Waals surface area contributed by atoms with Gasteiger partial charge in [-0.05, 0) is 73.3 Å². The third-order valence-electron chi connectivity index (χ3n) is 6.79. The van der Waals surface area contributed by atoms with Crippen molar-refractivity contribution in [1.82, 2.24) is 0 Å². The lowest BCUT2D eigenvalue weighted by Crippen LogP contribution is -2.56. The van der Waals surface area contributed by atoms with Gasteiger partial charge in [-0.2, -0.15) is 0 Å². The first-order valence-corrected chi connectivity index (χ1v) is 10.5. The standard InChI is InChI=1S/C23H24ClNO3/c24-23-11-15-7-16(12-23)10-22(9-15,14-23)21(27)28-13-20(26)25-19-6-5-17-3-1-2-4-18(17)8-19/h1-6,8,15-16H,7,9-14H2,(H,25,26)/t15-,16+,22?,23?. The first-order chi connectivity index (χ1) is 13.4. The molecule has 146 valence electrons. The van der Waals surface area contributed by atoms with Crippen LogP contribution in [0.15, 0.2) is 42.5 Å². The van der Waals surface area contributed by atoms with Crippen molar-refractivity contribution in [2.75, 3.05) is 11.9 Å². The van der Waals surface area contributed by atoms with Crippen LogP contribution in [0.1, 0.15) is 38.5 Å². The van der Waals surface area contributed by atoms with Crippen LogP contribution in [0.25, 0.3) is 10.8 Å². The molecule has 6 rings (SSSR count). The van der Waals surface area contributed by atoms with Crippen LogP contribution in [-0.2, 0) is 14.3 Å². The molecule has 0 spiro atoms. The molecule has 0 radical (unpaired) electrons. The van der Waals surface area contributed by atoms with Gasteiger partial charge in [-0.25, -0.2) is 0 Å². The third-order valence-corrected chi connectivity index (χ3v) is 7.23. The minimum atomic E-state index is -0.477. The fourth-order valence-electron chi connectivity index (χ4n) is 6.14. The molecule has 4 nitrogen and oxygen atoms in total. The zero-order valence-electron chi connectivity index (χ0n) is 15.7. The fraction of sp³-hybridized carbons (Fsp3) is 0.478. The fourth-order valence-corrected chi connectivity index (χ4v) is 6.83. The molecule has 0 heterocycles.